The molecule has 0 aliphatic rings. The van der Waals surface area contributed by atoms with Crippen molar-refractivity contribution >= 4 is 8.80 Å². The van der Waals surface area contributed by atoms with Crippen molar-refractivity contribution < 1.29 is 0 Å². The Balaban J connectivity index is 2.99. The van der Waals surface area contributed by atoms with Crippen LogP contribution < -0.4 is 0 Å². The molecule has 0 aliphatic heterocycles. The molecule has 0 aliphatic carbocycles. The second kappa shape index (κ2) is 2.40. The lowest BCUT2D eigenvalue weighted by Gasteiger charge is -2.03. The highest BCUT2D eigenvalue weighted by Crippen LogP contribution is 2.04. The minimum absolute atomic E-state index is 0.244. The van der Waals surface area contributed by atoms with Gasteiger partial charge in [-0.15, -0.1) is 0 Å². The monoisotopic (exact) mass is 102 g/mol. The maximum Gasteiger partial charge on any atom is 0.0331 e. The van der Waals surface area contributed by atoms with Gasteiger partial charge in [-0.05, 0) is 0 Å². The Kier molecular flexibility index (Phi) is 2.49. The Morgan fingerprint density at radius 1 is 1.17 bits per heavy atom. The molecule has 0 bridgehead atoms. The molecular formula is C5H14Si. The van der Waals surface area contributed by atoms with E-state index in [0.717, 1.165) is 5.54 Å². The van der Waals surface area contributed by atoms with Gasteiger partial charge in [-0.25, -0.2) is 0 Å². The molecule has 0 amide bonds. The molecule has 0 spiro atoms. The first-order valence-electron chi connectivity index (χ1n) is 2.64. The molecule has 6 heavy (non-hydrogen) atoms. The van der Waals surface area contributed by atoms with E-state index in [4.69, 9.17) is 0 Å². The summed E-state index contributed by atoms with van der Waals surface area (Å²) >= 11 is 0. The largest absolute Gasteiger partial charge is 0.0720 e. The van der Waals surface area contributed by atoms with Crippen molar-refractivity contribution in [3.63, 3.8) is 0 Å². The van der Waals surface area contributed by atoms with E-state index in [1.165, 1.54) is 0 Å². The van der Waals surface area contributed by atoms with Gasteiger partial charge in [0, 0.05) is 8.80 Å². The molecule has 0 rings (SSSR count). The van der Waals surface area contributed by atoms with Gasteiger partial charge in [0.1, 0.15) is 0 Å². The fraction of sp³-hybridized carbons (Fsp3) is 1.00. The summed E-state index contributed by atoms with van der Waals surface area (Å²) in [5.41, 5.74) is 0.991. The van der Waals surface area contributed by atoms with Gasteiger partial charge in [0.15, 0.2) is 0 Å². The van der Waals surface area contributed by atoms with Crippen molar-refractivity contribution in [1.29, 1.82) is 0 Å². The molecule has 0 fully saturated rings. The van der Waals surface area contributed by atoms with E-state index in [0.29, 0.717) is 0 Å². The standard InChI is InChI=1S/C5H14Si/c1-5(2)6(3)4/h5-6H,1-4H3. The second-order valence-corrected chi connectivity index (χ2v) is 6.31. The normalized spacial score (nSPS) is 11.0. The molecule has 0 saturated carbocycles. The summed E-state index contributed by atoms with van der Waals surface area (Å²) in [6, 6.07) is 0. The predicted molar refractivity (Wildman–Crippen MR) is 34.0 cm³/mol. The minimum atomic E-state index is -0.244. The zero-order valence-electron chi connectivity index (χ0n) is 5.15. The minimum Gasteiger partial charge on any atom is -0.0720 e. The highest BCUT2D eigenvalue weighted by Gasteiger charge is 1.97. The molecule has 0 heterocycles. The highest BCUT2D eigenvalue weighted by atomic mass is 28.3. The molecule has 0 radical (unpaired) electrons. The summed E-state index contributed by atoms with van der Waals surface area (Å²) in [6.07, 6.45) is 0. The Hall–Kier alpha value is 0.217. The number of hydrogen-bond acceptors (Lipinski definition) is 0. The first kappa shape index (κ1) is 6.22. The molecule has 0 aromatic rings. The van der Waals surface area contributed by atoms with Gasteiger partial charge in [0.2, 0.25) is 0 Å². The summed E-state index contributed by atoms with van der Waals surface area (Å²) in [7, 11) is -0.244. The molecular weight excluding hydrogens is 88.1 g/mol. The van der Waals surface area contributed by atoms with Crippen LogP contribution in [0, 0.1) is 0 Å². The Labute approximate surface area is 42.2 Å². The van der Waals surface area contributed by atoms with E-state index in [-0.39, 0.29) is 8.80 Å². The fourth-order valence-electron chi connectivity index (χ4n) is 0. The van der Waals surface area contributed by atoms with Crippen LogP contribution in [0.5, 0.6) is 0 Å². The maximum absolute atomic E-state index is 2.38. The van der Waals surface area contributed by atoms with Gasteiger partial charge in [0.05, 0.1) is 0 Å². The molecule has 0 atom stereocenters. The van der Waals surface area contributed by atoms with Crippen LogP contribution in [-0.2, 0) is 0 Å². The second-order valence-electron chi connectivity index (χ2n) is 2.49. The van der Waals surface area contributed by atoms with E-state index >= 15 is 0 Å². The number of rotatable bonds is 1. The summed E-state index contributed by atoms with van der Waals surface area (Å²) in [4.78, 5) is 0. The van der Waals surface area contributed by atoms with E-state index < -0.39 is 0 Å². The average molecular weight is 102 g/mol. The van der Waals surface area contributed by atoms with E-state index in [1.54, 1.807) is 0 Å². The van der Waals surface area contributed by atoms with Gasteiger partial charge < -0.3 is 0 Å². The topological polar surface area (TPSA) is 0 Å². The van der Waals surface area contributed by atoms with E-state index in [1.807, 2.05) is 0 Å². The van der Waals surface area contributed by atoms with Gasteiger partial charge in [-0.2, -0.15) is 0 Å². The first-order chi connectivity index (χ1) is 2.64. The van der Waals surface area contributed by atoms with Crippen molar-refractivity contribution in [2.24, 2.45) is 0 Å². The Morgan fingerprint density at radius 2 is 1.33 bits per heavy atom. The smallest absolute Gasteiger partial charge is 0.0331 e. The average Bonchev–Trinajstić information content (AvgIpc) is 1.36. The molecule has 0 nitrogen and oxygen atoms in total. The molecule has 1 heteroatoms. The van der Waals surface area contributed by atoms with Gasteiger partial charge >= 0.3 is 0 Å². The van der Waals surface area contributed by atoms with E-state index in [2.05, 4.69) is 26.9 Å². The Bertz CT molecular complexity index is 24.9. The molecule has 0 saturated heterocycles. The zero-order valence-corrected chi connectivity index (χ0v) is 6.31. The van der Waals surface area contributed by atoms with Gasteiger partial charge in [0.25, 0.3) is 0 Å². The summed E-state index contributed by atoms with van der Waals surface area (Å²) in [6.45, 7) is 9.36. The van der Waals surface area contributed by atoms with Crippen LogP contribution in [-0.4, -0.2) is 8.80 Å². The molecule has 0 unspecified atom stereocenters. The third kappa shape index (κ3) is 2.45. The predicted octanol–water partition coefficient (Wildman–Crippen LogP) is 1.88. The first-order valence-corrected chi connectivity index (χ1v) is 5.62. The summed E-state index contributed by atoms with van der Waals surface area (Å²) < 4.78 is 0. The van der Waals surface area contributed by atoms with E-state index in [9.17, 15) is 0 Å². The van der Waals surface area contributed by atoms with Crippen LogP contribution in [0.3, 0.4) is 0 Å². The van der Waals surface area contributed by atoms with Crippen LogP contribution in [0.25, 0.3) is 0 Å². The van der Waals surface area contributed by atoms with Crippen LogP contribution >= 0.6 is 0 Å². The van der Waals surface area contributed by atoms with Crippen LogP contribution in [0.2, 0.25) is 18.6 Å². The van der Waals surface area contributed by atoms with Gasteiger partial charge in [-0.1, -0.05) is 32.5 Å². The van der Waals surface area contributed by atoms with Crippen molar-refractivity contribution in [1.82, 2.24) is 0 Å². The Morgan fingerprint density at radius 3 is 1.33 bits per heavy atom. The van der Waals surface area contributed by atoms with Crippen molar-refractivity contribution in [3.05, 3.63) is 0 Å². The summed E-state index contributed by atoms with van der Waals surface area (Å²) in [5, 5.41) is 0. The lowest BCUT2D eigenvalue weighted by atomic mass is 10.6. The molecule has 0 aromatic carbocycles. The molecule has 0 N–H and O–H groups in total. The van der Waals surface area contributed by atoms with Crippen molar-refractivity contribution in [3.8, 4) is 0 Å². The zero-order chi connectivity index (χ0) is 5.15. The number of hydrogen-bond donors (Lipinski definition) is 0. The quantitative estimate of drug-likeness (QED) is 0.443. The molecule has 38 valence electrons. The third-order valence-corrected chi connectivity index (χ3v) is 4.00. The molecule has 0 aromatic heterocycles. The van der Waals surface area contributed by atoms with Crippen LogP contribution in [0.1, 0.15) is 13.8 Å². The van der Waals surface area contributed by atoms with Crippen molar-refractivity contribution in [2.75, 3.05) is 0 Å². The lowest BCUT2D eigenvalue weighted by Crippen LogP contribution is -2.03. The van der Waals surface area contributed by atoms with Gasteiger partial charge in [-0.3, -0.25) is 0 Å². The lowest BCUT2D eigenvalue weighted by molar-refractivity contribution is 1.04. The van der Waals surface area contributed by atoms with Crippen LogP contribution in [0.4, 0.5) is 0 Å². The maximum atomic E-state index is 2.38. The summed E-state index contributed by atoms with van der Waals surface area (Å²) in [5.74, 6) is 0. The highest BCUT2D eigenvalue weighted by molar-refractivity contribution is 6.57. The SMILES string of the molecule is CC(C)[SiH](C)C. The third-order valence-electron chi connectivity index (χ3n) is 1.33. The van der Waals surface area contributed by atoms with Crippen LogP contribution in [0.15, 0.2) is 0 Å². The fourth-order valence-corrected chi connectivity index (χ4v) is 0. The van der Waals surface area contributed by atoms with Crippen molar-refractivity contribution in [2.45, 2.75) is 32.5 Å².